The molecule has 4 nitrogen and oxygen atoms in total. The minimum Gasteiger partial charge on any atom is -0.338 e. The van der Waals surface area contributed by atoms with Crippen LogP contribution in [0.5, 0.6) is 0 Å². The van der Waals surface area contributed by atoms with E-state index in [-0.39, 0.29) is 24.3 Å². The monoisotopic (exact) mass is 342 g/mol. The van der Waals surface area contributed by atoms with Crippen molar-refractivity contribution in [3.05, 3.63) is 64.7 Å². The third-order valence-electron chi connectivity index (χ3n) is 4.58. The van der Waals surface area contributed by atoms with Crippen molar-refractivity contribution in [2.24, 2.45) is 0 Å². The second kappa shape index (κ2) is 6.65. The van der Waals surface area contributed by atoms with Crippen LogP contribution in [0, 0.1) is 0 Å². The lowest BCUT2D eigenvalue weighted by Gasteiger charge is -2.32. The first-order chi connectivity index (χ1) is 11.5. The smallest absolute Gasteiger partial charge is 0.230 e. The zero-order valence-corrected chi connectivity index (χ0v) is 14.4. The minimum absolute atomic E-state index is 0.0558. The van der Waals surface area contributed by atoms with Crippen LogP contribution in [-0.2, 0) is 9.59 Å². The Morgan fingerprint density at radius 3 is 2.58 bits per heavy atom. The Hall–Kier alpha value is -2.33. The molecule has 5 heteroatoms. The second-order valence-electron chi connectivity index (χ2n) is 6.07. The number of nitrogens with zero attached hydrogens (tertiary/aromatic N) is 1. The highest BCUT2D eigenvalue weighted by Crippen LogP contribution is 2.34. The number of carbonyl (C=O) groups is 2. The summed E-state index contributed by atoms with van der Waals surface area (Å²) in [6.07, 6.45) is 0.174. The highest BCUT2D eigenvalue weighted by Gasteiger charge is 2.33. The van der Waals surface area contributed by atoms with Crippen molar-refractivity contribution in [1.29, 1.82) is 0 Å². The van der Waals surface area contributed by atoms with E-state index in [9.17, 15) is 9.59 Å². The average Bonchev–Trinajstić information content (AvgIpc) is 2.59. The summed E-state index contributed by atoms with van der Waals surface area (Å²) in [7, 11) is 1.77. The summed E-state index contributed by atoms with van der Waals surface area (Å²) in [5.74, 6) is -0.631. The van der Waals surface area contributed by atoms with Gasteiger partial charge in [0.25, 0.3) is 0 Å². The number of para-hydroxylation sites is 1. The Kier molecular flexibility index (Phi) is 4.58. The van der Waals surface area contributed by atoms with Gasteiger partial charge in [-0.2, -0.15) is 0 Å². The highest BCUT2D eigenvalue weighted by atomic mass is 35.5. The van der Waals surface area contributed by atoms with Crippen LogP contribution in [0.25, 0.3) is 0 Å². The number of rotatable bonds is 3. The maximum absolute atomic E-state index is 13.0. The lowest BCUT2D eigenvalue weighted by molar-refractivity contribution is -0.135. The number of benzene rings is 2. The zero-order valence-electron chi connectivity index (χ0n) is 13.6. The van der Waals surface area contributed by atoms with Gasteiger partial charge in [0.2, 0.25) is 11.8 Å². The van der Waals surface area contributed by atoms with Crippen LogP contribution in [-0.4, -0.2) is 23.8 Å². The Labute approximate surface area is 146 Å². The highest BCUT2D eigenvalue weighted by molar-refractivity contribution is 6.30. The Bertz CT molecular complexity index is 773. The van der Waals surface area contributed by atoms with Gasteiger partial charge in [0.15, 0.2) is 0 Å². The molecule has 0 aliphatic carbocycles. The summed E-state index contributed by atoms with van der Waals surface area (Å²) in [6, 6.07) is 14.8. The number of amides is 2. The van der Waals surface area contributed by atoms with Crippen molar-refractivity contribution in [2.45, 2.75) is 25.3 Å². The molecule has 2 unspecified atom stereocenters. The number of anilines is 1. The molecule has 1 heterocycles. The van der Waals surface area contributed by atoms with Crippen molar-refractivity contribution < 1.29 is 9.59 Å². The van der Waals surface area contributed by atoms with Gasteiger partial charge in [0.1, 0.15) is 0 Å². The molecule has 0 saturated heterocycles. The van der Waals surface area contributed by atoms with E-state index in [0.29, 0.717) is 5.02 Å². The minimum atomic E-state index is -0.449. The molecule has 2 aromatic carbocycles. The second-order valence-corrected chi connectivity index (χ2v) is 6.51. The number of nitrogens with one attached hydrogen (secondary N) is 1. The molecule has 1 aliphatic heterocycles. The van der Waals surface area contributed by atoms with Gasteiger partial charge in [-0.05, 0) is 36.2 Å². The van der Waals surface area contributed by atoms with Crippen LogP contribution in [0.15, 0.2) is 48.5 Å². The average molecular weight is 343 g/mol. The third-order valence-corrected chi connectivity index (χ3v) is 4.83. The van der Waals surface area contributed by atoms with E-state index < -0.39 is 5.92 Å². The Morgan fingerprint density at radius 1 is 1.21 bits per heavy atom. The molecule has 0 fully saturated rings. The predicted octanol–water partition coefficient (Wildman–Crippen LogP) is 3.99. The summed E-state index contributed by atoms with van der Waals surface area (Å²) >= 11 is 5.93. The van der Waals surface area contributed by atoms with Gasteiger partial charge in [-0.15, -0.1) is 0 Å². The number of hydrogen-bond acceptors (Lipinski definition) is 2. The van der Waals surface area contributed by atoms with Crippen molar-refractivity contribution in [1.82, 2.24) is 4.90 Å². The van der Waals surface area contributed by atoms with Crippen LogP contribution < -0.4 is 5.32 Å². The van der Waals surface area contributed by atoms with Crippen LogP contribution >= 0.6 is 11.6 Å². The molecule has 24 heavy (non-hydrogen) atoms. The molecular formula is C19H19ClN2O2. The molecule has 0 bridgehead atoms. The van der Waals surface area contributed by atoms with Crippen LogP contribution in [0.1, 0.15) is 36.4 Å². The van der Waals surface area contributed by atoms with E-state index in [0.717, 1.165) is 16.8 Å². The van der Waals surface area contributed by atoms with Gasteiger partial charge in [-0.1, -0.05) is 41.9 Å². The van der Waals surface area contributed by atoms with E-state index in [4.69, 9.17) is 11.6 Å². The van der Waals surface area contributed by atoms with E-state index in [1.165, 1.54) is 0 Å². The van der Waals surface area contributed by atoms with E-state index >= 15 is 0 Å². The largest absolute Gasteiger partial charge is 0.338 e. The third kappa shape index (κ3) is 3.15. The van der Waals surface area contributed by atoms with Crippen molar-refractivity contribution in [3.63, 3.8) is 0 Å². The number of likely N-dealkylation sites (N-methyl/N-ethyl adjacent to an activating group) is 1. The van der Waals surface area contributed by atoms with Gasteiger partial charge < -0.3 is 10.2 Å². The lowest BCUT2D eigenvalue weighted by atomic mass is 9.89. The standard InChI is InChI=1S/C19H19ClN2O2/c1-12(13-7-9-14(20)10-8-13)22(2)19(24)16-11-18(23)21-17-6-4-3-5-15(16)17/h3-10,12,16H,11H2,1-2H3,(H,21,23). The normalized spacial score (nSPS) is 17.6. The summed E-state index contributed by atoms with van der Waals surface area (Å²) < 4.78 is 0. The van der Waals surface area contributed by atoms with E-state index in [1.54, 1.807) is 11.9 Å². The molecule has 1 N–H and O–H groups in total. The van der Waals surface area contributed by atoms with E-state index in [1.807, 2.05) is 55.5 Å². The first-order valence-corrected chi connectivity index (χ1v) is 8.26. The van der Waals surface area contributed by atoms with Gasteiger partial charge in [0, 0.05) is 24.2 Å². The molecule has 0 spiro atoms. The topological polar surface area (TPSA) is 49.4 Å². The van der Waals surface area contributed by atoms with Crippen LogP contribution in [0.4, 0.5) is 5.69 Å². The fourth-order valence-corrected chi connectivity index (χ4v) is 3.16. The Morgan fingerprint density at radius 2 is 1.88 bits per heavy atom. The van der Waals surface area contributed by atoms with Crippen molar-refractivity contribution >= 4 is 29.1 Å². The molecular weight excluding hydrogens is 324 g/mol. The van der Waals surface area contributed by atoms with Crippen molar-refractivity contribution in [2.75, 3.05) is 12.4 Å². The summed E-state index contributed by atoms with van der Waals surface area (Å²) in [6.45, 7) is 1.97. The summed E-state index contributed by atoms with van der Waals surface area (Å²) in [4.78, 5) is 26.6. The Balaban J connectivity index is 1.85. The van der Waals surface area contributed by atoms with Crippen LogP contribution in [0.3, 0.4) is 0 Å². The first kappa shape index (κ1) is 16.5. The zero-order chi connectivity index (χ0) is 17.3. The molecule has 124 valence electrons. The number of hydrogen-bond donors (Lipinski definition) is 1. The maximum atomic E-state index is 13.0. The van der Waals surface area contributed by atoms with Gasteiger partial charge in [0.05, 0.1) is 12.0 Å². The predicted molar refractivity (Wildman–Crippen MR) is 95.1 cm³/mol. The lowest BCUT2D eigenvalue weighted by Crippen LogP contribution is -2.37. The molecule has 0 radical (unpaired) electrons. The van der Waals surface area contributed by atoms with E-state index in [2.05, 4.69) is 5.32 Å². The molecule has 2 aromatic rings. The fraction of sp³-hybridized carbons (Fsp3) is 0.263. The number of halogens is 1. The molecule has 3 rings (SSSR count). The molecule has 0 aromatic heterocycles. The SMILES string of the molecule is CC(c1ccc(Cl)cc1)N(C)C(=O)C1CC(=O)Nc2ccccc21. The quantitative estimate of drug-likeness (QED) is 0.917. The van der Waals surface area contributed by atoms with Gasteiger partial charge in [-0.25, -0.2) is 0 Å². The number of fused-ring (bicyclic) bond motifs is 1. The summed E-state index contributed by atoms with van der Waals surface area (Å²) in [5.41, 5.74) is 2.60. The first-order valence-electron chi connectivity index (χ1n) is 7.88. The molecule has 2 atom stereocenters. The van der Waals surface area contributed by atoms with Gasteiger partial charge >= 0.3 is 0 Å². The maximum Gasteiger partial charge on any atom is 0.230 e. The molecule has 2 amide bonds. The van der Waals surface area contributed by atoms with Crippen LogP contribution in [0.2, 0.25) is 5.02 Å². The molecule has 1 aliphatic rings. The van der Waals surface area contributed by atoms with Gasteiger partial charge in [-0.3, -0.25) is 9.59 Å². The fourth-order valence-electron chi connectivity index (χ4n) is 3.03. The summed E-state index contributed by atoms with van der Waals surface area (Å²) in [5, 5.41) is 3.49. The van der Waals surface area contributed by atoms with Crippen molar-refractivity contribution in [3.8, 4) is 0 Å². The number of carbonyl (C=O) groups excluding carboxylic acids is 2. The molecule has 0 saturated carbocycles.